The maximum Gasteiger partial charge on any atom is 0.298 e. The zero-order valence-corrected chi connectivity index (χ0v) is 11.1. The second kappa shape index (κ2) is 6.75. The first kappa shape index (κ1) is 15.8. The lowest BCUT2D eigenvalue weighted by atomic mass is 10.3. The summed E-state index contributed by atoms with van der Waals surface area (Å²) in [5, 5.41) is 17.9. The van der Waals surface area contributed by atoms with Crippen LogP contribution in [0.2, 0.25) is 0 Å². The van der Waals surface area contributed by atoms with Gasteiger partial charge in [0.05, 0.1) is 5.69 Å². The van der Waals surface area contributed by atoms with Crippen molar-refractivity contribution in [2.45, 2.75) is 4.90 Å². The number of phenols is 2. The lowest BCUT2D eigenvalue weighted by Gasteiger charge is -1.99. The smallest absolute Gasteiger partial charge is 0.298 e. The molecule has 108 valence electrons. The van der Waals surface area contributed by atoms with Crippen molar-refractivity contribution in [3.8, 4) is 11.5 Å². The topological polar surface area (TPSA) is 133 Å². The predicted octanol–water partition coefficient (Wildman–Crippen LogP) is 1.32. The number of nitrogens with one attached hydrogen (secondary N) is 1. The van der Waals surface area contributed by atoms with Gasteiger partial charge in [0.15, 0.2) is 0 Å². The summed E-state index contributed by atoms with van der Waals surface area (Å²) in [5.41, 5.74) is 2.88. The summed E-state index contributed by atoms with van der Waals surface area (Å²) < 4.78 is 29.4. The van der Waals surface area contributed by atoms with Crippen LogP contribution >= 0.6 is 0 Å². The summed E-state index contributed by atoms with van der Waals surface area (Å²) in [6.45, 7) is 0. The molecule has 0 saturated heterocycles. The van der Waals surface area contributed by atoms with E-state index in [2.05, 4.69) is 5.43 Å². The van der Waals surface area contributed by atoms with Gasteiger partial charge in [-0.2, -0.15) is 8.42 Å². The third kappa shape index (κ3) is 4.43. The molecule has 0 aliphatic rings. The normalized spacial score (nSPS) is 10.3. The van der Waals surface area contributed by atoms with Crippen LogP contribution in [0.15, 0.2) is 53.4 Å². The highest BCUT2D eigenvalue weighted by atomic mass is 32.2. The molecule has 0 aromatic heterocycles. The van der Waals surface area contributed by atoms with Gasteiger partial charge < -0.3 is 15.6 Å². The van der Waals surface area contributed by atoms with Crippen LogP contribution < -0.4 is 11.3 Å². The van der Waals surface area contributed by atoms with Crippen molar-refractivity contribution in [2.24, 2.45) is 5.84 Å². The monoisotopic (exact) mass is 298 g/mol. The number of nitrogen functional groups attached to an aromatic ring is 1. The number of benzene rings is 2. The summed E-state index contributed by atoms with van der Waals surface area (Å²) in [5.74, 6) is 4.76. The van der Waals surface area contributed by atoms with Crippen molar-refractivity contribution in [3.05, 3.63) is 48.5 Å². The van der Waals surface area contributed by atoms with E-state index in [-0.39, 0.29) is 5.75 Å². The fraction of sp³-hybridized carbons (Fsp3) is 0. The summed E-state index contributed by atoms with van der Waals surface area (Å²) >= 11 is 0. The van der Waals surface area contributed by atoms with E-state index in [1.807, 2.05) is 0 Å². The molecule has 0 fully saturated rings. The fourth-order valence-electron chi connectivity index (χ4n) is 1.27. The summed E-state index contributed by atoms with van der Waals surface area (Å²) in [4.78, 5) is -0.472. The molecule has 6 N–H and O–H groups in total. The van der Waals surface area contributed by atoms with Crippen molar-refractivity contribution >= 4 is 15.8 Å². The minimum absolute atomic E-state index is 0.167. The number of hydrogen-bond acceptors (Lipinski definition) is 6. The van der Waals surface area contributed by atoms with Crippen molar-refractivity contribution < 1.29 is 23.2 Å². The molecule has 0 aliphatic heterocycles. The summed E-state index contributed by atoms with van der Waals surface area (Å²) in [7, 11) is -4.28. The number of hydrogen-bond donors (Lipinski definition) is 5. The van der Waals surface area contributed by atoms with Crippen LogP contribution in [-0.2, 0) is 10.1 Å². The Labute approximate surface area is 116 Å². The van der Waals surface area contributed by atoms with Gasteiger partial charge in [0.2, 0.25) is 0 Å². The molecule has 2 aromatic rings. The third-order valence-electron chi connectivity index (χ3n) is 2.20. The maximum atomic E-state index is 10.4. The minimum Gasteiger partial charge on any atom is -0.506 e. The molecular weight excluding hydrogens is 284 g/mol. The zero-order valence-electron chi connectivity index (χ0n) is 10.3. The molecule has 2 rings (SSSR count). The molecule has 7 nitrogen and oxygen atoms in total. The van der Waals surface area contributed by atoms with E-state index in [9.17, 15) is 8.42 Å². The van der Waals surface area contributed by atoms with Gasteiger partial charge >= 0.3 is 0 Å². The van der Waals surface area contributed by atoms with Crippen LogP contribution in [0.25, 0.3) is 0 Å². The molecule has 0 unspecified atom stereocenters. The second-order valence-electron chi connectivity index (χ2n) is 3.60. The number of phenolic OH excluding ortho intramolecular Hbond substituents is 2. The first-order valence-corrected chi connectivity index (χ1v) is 6.80. The molecule has 0 atom stereocenters. The van der Waals surface area contributed by atoms with Gasteiger partial charge in [-0.25, -0.2) is 0 Å². The number of aromatic hydroxyl groups is 2. The van der Waals surface area contributed by atoms with E-state index in [4.69, 9.17) is 20.6 Å². The van der Waals surface area contributed by atoms with Gasteiger partial charge in [0.1, 0.15) is 16.4 Å². The van der Waals surface area contributed by atoms with Crippen molar-refractivity contribution in [1.29, 1.82) is 0 Å². The zero-order chi connectivity index (χ0) is 15.2. The molecule has 2 aromatic carbocycles. The highest BCUT2D eigenvalue weighted by Gasteiger charge is 2.12. The van der Waals surface area contributed by atoms with Gasteiger partial charge in [-0.3, -0.25) is 10.4 Å². The van der Waals surface area contributed by atoms with Crippen LogP contribution in [0.4, 0.5) is 5.69 Å². The Hall–Kier alpha value is -2.29. The van der Waals surface area contributed by atoms with Gasteiger partial charge in [-0.05, 0) is 24.3 Å². The molecule has 8 heteroatoms. The first-order valence-electron chi connectivity index (χ1n) is 5.36. The van der Waals surface area contributed by atoms with Crippen LogP contribution in [0, 0.1) is 0 Å². The fourth-order valence-corrected chi connectivity index (χ4v) is 1.85. The molecule has 20 heavy (non-hydrogen) atoms. The Morgan fingerprint density at radius 3 is 1.75 bits per heavy atom. The van der Waals surface area contributed by atoms with E-state index in [0.29, 0.717) is 5.69 Å². The highest BCUT2D eigenvalue weighted by molar-refractivity contribution is 7.86. The molecule has 0 radical (unpaired) electrons. The third-order valence-corrected chi connectivity index (χ3v) is 3.10. The van der Waals surface area contributed by atoms with E-state index in [0.717, 1.165) is 6.07 Å². The lowest BCUT2D eigenvalue weighted by molar-refractivity contribution is 0.443. The lowest BCUT2D eigenvalue weighted by Crippen LogP contribution is -2.06. The molecule has 0 aliphatic carbocycles. The van der Waals surface area contributed by atoms with Crippen molar-refractivity contribution in [3.63, 3.8) is 0 Å². The maximum absolute atomic E-state index is 10.4. The van der Waals surface area contributed by atoms with Crippen LogP contribution in [-0.4, -0.2) is 23.2 Å². The van der Waals surface area contributed by atoms with Crippen LogP contribution in [0.5, 0.6) is 11.5 Å². The van der Waals surface area contributed by atoms with Crippen LogP contribution in [0.1, 0.15) is 0 Å². The molecule has 0 saturated carbocycles. The molecular formula is C12H14N2O5S. The van der Waals surface area contributed by atoms with E-state index < -0.39 is 20.8 Å². The number of rotatable bonds is 2. The largest absolute Gasteiger partial charge is 0.506 e. The number of hydrazine groups is 1. The Balaban J connectivity index is 0.000000204. The molecule has 0 bridgehead atoms. The average molecular weight is 298 g/mol. The number of para-hydroxylation sites is 3. The predicted molar refractivity (Wildman–Crippen MR) is 73.8 cm³/mol. The van der Waals surface area contributed by atoms with Crippen molar-refractivity contribution in [2.75, 3.05) is 5.43 Å². The highest BCUT2D eigenvalue weighted by Crippen LogP contribution is 2.20. The van der Waals surface area contributed by atoms with Gasteiger partial charge in [-0.1, -0.05) is 24.3 Å². The van der Waals surface area contributed by atoms with E-state index in [1.54, 1.807) is 24.3 Å². The van der Waals surface area contributed by atoms with E-state index in [1.165, 1.54) is 18.2 Å². The standard InChI is InChI=1S/C6H8N2O.C6H6O4S/c7-8-5-3-1-2-4-6(5)9;7-5-3-1-2-4-6(5)11(8,9)10/h1-4,8-9H,7H2;1-4,7H,(H,8,9,10). The first-order chi connectivity index (χ1) is 9.36. The van der Waals surface area contributed by atoms with Gasteiger partial charge in [0, 0.05) is 0 Å². The SMILES string of the molecule is NNc1ccccc1O.O=S(=O)(O)c1ccccc1O. The number of nitrogens with two attached hydrogens (primary N) is 1. The Kier molecular flexibility index (Phi) is 5.32. The van der Waals surface area contributed by atoms with Crippen molar-refractivity contribution in [1.82, 2.24) is 0 Å². The van der Waals surface area contributed by atoms with Crippen LogP contribution in [0.3, 0.4) is 0 Å². The Morgan fingerprint density at radius 2 is 1.40 bits per heavy atom. The Bertz CT molecular complexity index is 673. The molecule has 0 spiro atoms. The molecule has 0 heterocycles. The summed E-state index contributed by atoms with van der Waals surface area (Å²) in [6, 6.07) is 11.9. The number of anilines is 1. The summed E-state index contributed by atoms with van der Waals surface area (Å²) in [6.07, 6.45) is 0. The van der Waals surface area contributed by atoms with Gasteiger partial charge in [-0.15, -0.1) is 0 Å². The average Bonchev–Trinajstić information content (AvgIpc) is 2.39. The van der Waals surface area contributed by atoms with Gasteiger partial charge in [0.25, 0.3) is 10.1 Å². The molecule has 0 amide bonds. The Morgan fingerprint density at radius 1 is 0.900 bits per heavy atom. The second-order valence-corrected chi connectivity index (χ2v) is 4.99. The van der Waals surface area contributed by atoms with E-state index >= 15 is 0 Å². The minimum atomic E-state index is -4.28. The quantitative estimate of drug-likeness (QED) is 0.244.